The fraction of sp³-hybridized carbons (Fsp3) is 0.500. The van der Waals surface area contributed by atoms with Gasteiger partial charge >= 0.3 is 6.03 Å². The number of methoxy groups -OCH3 is 1. The zero-order chi connectivity index (χ0) is 17.6. The fourth-order valence-corrected chi connectivity index (χ4v) is 2.94. The number of nitrogens with zero attached hydrogens (tertiary/aromatic N) is 5. The normalized spacial score (nSPS) is 15.0. The maximum absolute atomic E-state index is 12.1. The SMILES string of the molecule is COc1nn(C)cc1CNC(=O)NC1CCN(c2cccnn2)CC1. The largest absolute Gasteiger partial charge is 0.480 e. The minimum absolute atomic E-state index is 0.156. The lowest BCUT2D eigenvalue weighted by molar-refractivity contribution is 0.234. The molecule has 3 heterocycles. The number of ether oxygens (including phenoxy) is 1. The van der Waals surface area contributed by atoms with Gasteiger partial charge in [0.1, 0.15) is 0 Å². The number of hydrogen-bond acceptors (Lipinski definition) is 6. The molecule has 0 radical (unpaired) electrons. The molecule has 1 aliphatic heterocycles. The zero-order valence-corrected chi connectivity index (χ0v) is 14.5. The number of carbonyl (C=O) groups excluding carboxylic acids is 1. The summed E-state index contributed by atoms with van der Waals surface area (Å²) in [7, 11) is 3.38. The molecule has 25 heavy (non-hydrogen) atoms. The molecule has 0 bridgehead atoms. The Hall–Kier alpha value is -2.84. The number of piperidine rings is 1. The topological polar surface area (TPSA) is 97.2 Å². The van der Waals surface area contributed by atoms with Gasteiger partial charge in [-0.15, -0.1) is 10.2 Å². The van der Waals surface area contributed by atoms with E-state index in [0.29, 0.717) is 12.4 Å². The summed E-state index contributed by atoms with van der Waals surface area (Å²) in [5, 5.41) is 18.1. The highest BCUT2D eigenvalue weighted by molar-refractivity contribution is 5.74. The minimum Gasteiger partial charge on any atom is -0.480 e. The Balaban J connectivity index is 1.43. The van der Waals surface area contributed by atoms with Crippen molar-refractivity contribution in [3.8, 4) is 5.88 Å². The number of anilines is 1. The van der Waals surface area contributed by atoms with Gasteiger partial charge in [-0.3, -0.25) is 4.68 Å². The van der Waals surface area contributed by atoms with Crippen LogP contribution in [0.4, 0.5) is 10.6 Å². The summed E-state index contributed by atoms with van der Waals surface area (Å²) in [6, 6.07) is 3.81. The summed E-state index contributed by atoms with van der Waals surface area (Å²) >= 11 is 0. The molecule has 3 rings (SSSR count). The van der Waals surface area contributed by atoms with Gasteiger partial charge in [-0.1, -0.05) is 0 Å². The van der Waals surface area contributed by atoms with E-state index in [4.69, 9.17) is 4.74 Å². The molecule has 2 N–H and O–H groups in total. The fourth-order valence-electron chi connectivity index (χ4n) is 2.94. The van der Waals surface area contributed by atoms with Crippen LogP contribution in [0, 0.1) is 0 Å². The van der Waals surface area contributed by atoms with Crippen LogP contribution in [-0.2, 0) is 13.6 Å². The Morgan fingerprint density at radius 2 is 2.20 bits per heavy atom. The van der Waals surface area contributed by atoms with Crippen LogP contribution in [0.25, 0.3) is 0 Å². The van der Waals surface area contributed by atoms with Crippen molar-refractivity contribution in [2.24, 2.45) is 7.05 Å². The molecule has 2 aromatic rings. The van der Waals surface area contributed by atoms with Gasteiger partial charge in [0.25, 0.3) is 0 Å². The van der Waals surface area contributed by atoms with Crippen molar-refractivity contribution in [1.29, 1.82) is 0 Å². The average Bonchev–Trinajstić information content (AvgIpc) is 3.01. The maximum atomic E-state index is 12.1. The summed E-state index contributed by atoms with van der Waals surface area (Å²) in [6.07, 6.45) is 5.25. The van der Waals surface area contributed by atoms with E-state index in [9.17, 15) is 4.79 Å². The number of aryl methyl sites for hydroxylation is 1. The van der Waals surface area contributed by atoms with Crippen LogP contribution in [0.15, 0.2) is 24.5 Å². The Bertz CT molecular complexity index is 696. The lowest BCUT2D eigenvalue weighted by Gasteiger charge is -2.32. The van der Waals surface area contributed by atoms with E-state index in [1.165, 1.54) is 0 Å². The number of urea groups is 1. The summed E-state index contributed by atoms with van der Waals surface area (Å²) in [5.41, 5.74) is 0.845. The summed E-state index contributed by atoms with van der Waals surface area (Å²) < 4.78 is 6.84. The lowest BCUT2D eigenvalue weighted by atomic mass is 10.1. The van der Waals surface area contributed by atoms with Crippen molar-refractivity contribution >= 4 is 11.8 Å². The Kier molecular flexibility index (Phi) is 5.32. The monoisotopic (exact) mass is 345 g/mol. The number of aromatic nitrogens is 4. The molecule has 0 unspecified atom stereocenters. The second kappa shape index (κ2) is 7.82. The minimum atomic E-state index is -0.177. The van der Waals surface area contributed by atoms with Crippen molar-refractivity contribution < 1.29 is 9.53 Å². The smallest absolute Gasteiger partial charge is 0.315 e. The number of amides is 2. The molecule has 9 nitrogen and oxygen atoms in total. The van der Waals surface area contributed by atoms with Crippen LogP contribution in [0.5, 0.6) is 5.88 Å². The molecule has 9 heteroatoms. The highest BCUT2D eigenvalue weighted by atomic mass is 16.5. The van der Waals surface area contributed by atoms with Crippen molar-refractivity contribution in [3.05, 3.63) is 30.1 Å². The molecule has 2 amide bonds. The average molecular weight is 345 g/mol. The van der Waals surface area contributed by atoms with Gasteiger partial charge in [0.05, 0.1) is 19.2 Å². The van der Waals surface area contributed by atoms with Gasteiger partial charge in [0, 0.05) is 38.6 Å². The van der Waals surface area contributed by atoms with Crippen molar-refractivity contribution in [2.45, 2.75) is 25.4 Å². The van der Waals surface area contributed by atoms with Crippen molar-refractivity contribution in [1.82, 2.24) is 30.6 Å². The quantitative estimate of drug-likeness (QED) is 0.827. The molecular weight excluding hydrogens is 322 g/mol. The predicted octanol–water partition coefficient (Wildman–Crippen LogP) is 0.687. The third-order valence-corrected chi connectivity index (χ3v) is 4.21. The first-order valence-electron chi connectivity index (χ1n) is 8.29. The highest BCUT2D eigenvalue weighted by Crippen LogP contribution is 2.17. The predicted molar refractivity (Wildman–Crippen MR) is 92.4 cm³/mol. The third-order valence-electron chi connectivity index (χ3n) is 4.21. The van der Waals surface area contributed by atoms with E-state index in [0.717, 1.165) is 37.3 Å². The first kappa shape index (κ1) is 17.0. The molecular formula is C16H23N7O2. The van der Waals surface area contributed by atoms with Crippen LogP contribution in [-0.4, -0.2) is 52.3 Å². The van der Waals surface area contributed by atoms with Gasteiger partial charge in [0.2, 0.25) is 5.88 Å². The standard InChI is InChI=1S/C16H23N7O2/c1-22-11-12(15(21-22)25-2)10-17-16(24)19-13-5-8-23(9-6-13)14-4-3-7-18-20-14/h3-4,7,11,13H,5-6,8-10H2,1-2H3,(H2,17,19,24). The van der Waals surface area contributed by atoms with Crippen molar-refractivity contribution in [2.75, 3.05) is 25.1 Å². The first-order chi connectivity index (χ1) is 12.2. The second-order valence-corrected chi connectivity index (χ2v) is 6.01. The summed E-state index contributed by atoms with van der Waals surface area (Å²) in [5.74, 6) is 1.41. The van der Waals surface area contributed by atoms with Gasteiger partial charge in [-0.05, 0) is 25.0 Å². The van der Waals surface area contributed by atoms with E-state index in [1.807, 2.05) is 25.4 Å². The molecule has 0 aliphatic carbocycles. The van der Waals surface area contributed by atoms with Crippen LogP contribution < -0.4 is 20.3 Å². The molecule has 0 spiro atoms. The molecule has 134 valence electrons. The molecule has 1 fully saturated rings. The Morgan fingerprint density at radius 3 is 2.88 bits per heavy atom. The van der Waals surface area contributed by atoms with Gasteiger partial charge < -0.3 is 20.3 Å². The third kappa shape index (κ3) is 4.37. The molecule has 1 saturated heterocycles. The second-order valence-electron chi connectivity index (χ2n) is 6.01. The number of nitrogens with one attached hydrogen (secondary N) is 2. The highest BCUT2D eigenvalue weighted by Gasteiger charge is 2.21. The zero-order valence-electron chi connectivity index (χ0n) is 14.5. The molecule has 0 aromatic carbocycles. The van der Waals surface area contributed by atoms with E-state index in [-0.39, 0.29) is 12.1 Å². The van der Waals surface area contributed by atoms with Gasteiger partial charge in [0.15, 0.2) is 5.82 Å². The molecule has 1 aliphatic rings. The maximum Gasteiger partial charge on any atom is 0.315 e. The molecule has 2 aromatic heterocycles. The Morgan fingerprint density at radius 1 is 1.40 bits per heavy atom. The van der Waals surface area contributed by atoms with E-state index in [2.05, 4.69) is 30.8 Å². The van der Waals surface area contributed by atoms with Crippen molar-refractivity contribution in [3.63, 3.8) is 0 Å². The van der Waals surface area contributed by atoms with Gasteiger partial charge in [-0.25, -0.2) is 4.79 Å². The van der Waals surface area contributed by atoms with E-state index in [1.54, 1.807) is 18.0 Å². The number of hydrogen-bond donors (Lipinski definition) is 2. The van der Waals surface area contributed by atoms with Crippen LogP contribution in [0.1, 0.15) is 18.4 Å². The number of carbonyl (C=O) groups is 1. The Labute approximate surface area is 146 Å². The van der Waals surface area contributed by atoms with E-state index >= 15 is 0 Å². The molecule has 0 atom stereocenters. The van der Waals surface area contributed by atoms with Crippen LogP contribution in [0.2, 0.25) is 0 Å². The van der Waals surface area contributed by atoms with Gasteiger partial charge in [-0.2, -0.15) is 5.10 Å². The lowest BCUT2D eigenvalue weighted by Crippen LogP contribution is -2.48. The molecule has 0 saturated carbocycles. The van der Waals surface area contributed by atoms with Crippen LogP contribution >= 0.6 is 0 Å². The van der Waals surface area contributed by atoms with E-state index < -0.39 is 0 Å². The van der Waals surface area contributed by atoms with Crippen LogP contribution in [0.3, 0.4) is 0 Å². The summed E-state index contributed by atoms with van der Waals surface area (Å²) in [6.45, 7) is 2.07. The number of rotatable bonds is 5. The summed E-state index contributed by atoms with van der Waals surface area (Å²) in [4.78, 5) is 14.3. The first-order valence-corrected chi connectivity index (χ1v) is 8.29.